The molecule has 3 rings (SSSR count). The first-order chi connectivity index (χ1) is 12.5. The first-order valence-corrected chi connectivity index (χ1v) is 9.10. The van der Waals surface area contributed by atoms with E-state index in [1.807, 2.05) is 65.8 Å². The minimum absolute atomic E-state index is 0.152. The average molecular weight is 417 g/mol. The first-order valence-electron chi connectivity index (χ1n) is 8.31. The second kappa shape index (κ2) is 7.78. The van der Waals surface area contributed by atoms with Crippen LogP contribution in [0.25, 0.3) is 0 Å². The van der Waals surface area contributed by atoms with Gasteiger partial charge in [0, 0.05) is 36.7 Å². The van der Waals surface area contributed by atoms with Crippen LogP contribution in [0, 0.1) is 0 Å². The SMILES string of the molecule is CCn1cc(Br)cc1C(=O)NC(c1ccc(OC)cc1)c1nccn1C. The number of carbonyl (C=O) groups excluding carboxylic acids is 1. The monoisotopic (exact) mass is 416 g/mol. The molecule has 0 bridgehead atoms. The molecule has 136 valence electrons. The van der Waals surface area contributed by atoms with Gasteiger partial charge < -0.3 is 19.2 Å². The van der Waals surface area contributed by atoms with Crippen LogP contribution in [-0.2, 0) is 13.6 Å². The molecule has 0 aliphatic rings. The molecule has 7 heteroatoms. The molecule has 0 spiro atoms. The van der Waals surface area contributed by atoms with Crippen LogP contribution < -0.4 is 10.1 Å². The predicted octanol–water partition coefficient (Wildman–Crippen LogP) is 3.53. The number of aromatic nitrogens is 3. The Hall–Kier alpha value is -2.54. The lowest BCUT2D eigenvalue weighted by Crippen LogP contribution is -2.32. The summed E-state index contributed by atoms with van der Waals surface area (Å²) < 4.78 is 9.92. The van der Waals surface area contributed by atoms with Crippen molar-refractivity contribution in [3.8, 4) is 5.75 Å². The number of nitrogens with zero attached hydrogens (tertiary/aromatic N) is 3. The lowest BCUT2D eigenvalue weighted by atomic mass is 10.1. The Kier molecular flexibility index (Phi) is 5.46. The molecule has 6 nitrogen and oxygen atoms in total. The zero-order valence-electron chi connectivity index (χ0n) is 14.9. The number of hydrogen-bond acceptors (Lipinski definition) is 3. The van der Waals surface area contributed by atoms with Crippen molar-refractivity contribution in [1.29, 1.82) is 0 Å². The van der Waals surface area contributed by atoms with E-state index in [2.05, 4.69) is 26.2 Å². The number of nitrogens with one attached hydrogen (secondary N) is 1. The molecule has 1 N–H and O–H groups in total. The summed E-state index contributed by atoms with van der Waals surface area (Å²) in [7, 11) is 3.54. The van der Waals surface area contributed by atoms with Gasteiger partial charge in [-0.1, -0.05) is 12.1 Å². The molecule has 1 amide bonds. The largest absolute Gasteiger partial charge is 0.497 e. The standard InChI is InChI=1S/C19H21BrN4O2/c1-4-24-12-14(20)11-16(24)19(25)22-17(18-21-9-10-23(18)2)13-5-7-15(26-3)8-6-13/h5-12,17H,4H2,1-3H3,(H,22,25). The van der Waals surface area contributed by atoms with Gasteiger partial charge in [0.2, 0.25) is 0 Å². The minimum Gasteiger partial charge on any atom is -0.497 e. The number of ether oxygens (including phenoxy) is 1. The highest BCUT2D eigenvalue weighted by Crippen LogP contribution is 2.24. The van der Waals surface area contributed by atoms with Crippen LogP contribution >= 0.6 is 15.9 Å². The van der Waals surface area contributed by atoms with Gasteiger partial charge in [0.1, 0.15) is 23.3 Å². The van der Waals surface area contributed by atoms with Gasteiger partial charge in [0.25, 0.3) is 5.91 Å². The van der Waals surface area contributed by atoms with Gasteiger partial charge in [-0.05, 0) is 46.6 Å². The van der Waals surface area contributed by atoms with Gasteiger partial charge in [-0.2, -0.15) is 0 Å². The van der Waals surface area contributed by atoms with E-state index in [1.54, 1.807) is 13.3 Å². The van der Waals surface area contributed by atoms with E-state index in [1.165, 1.54) is 0 Å². The van der Waals surface area contributed by atoms with Crippen LogP contribution in [0.5, 0.6) is 5.75 Å². The van der Waals surface area contributed by atoms with Crippen LogP contribution in [-0.4, -0.2) is 27.1 Å². The quantitative estimate of drug-likeness (QED) is 0.668. The van der Waals surface area contributed by atoms with Gasteiger partial charge in [-0.25, -0.2) is 4.98 Å². The molecule has 26 heavy (non-hydrogen) atoms. The summed E-state index contributed by atoms with van der Waals surface area (Å²) in [5.74, 6) is 1.38. The normalized spacial score (nSPS) is 12.0. The number of carbonyl (C=O) groups is 1. The Morgan fingerprint density at radius 3 is 2.65 bits per heavy atom. The number of rotatable bonds is 6. The molecule has 0 fully saturated rings. The Bertz CT molecular complexity index is 899. The highest BCUT2D eigenvalue weighted by Gasteiger charge is 2.23. The molecule has 0 aliphatic heterocycles. The van der Waals surface area contributed by atoms with Crippen molar-refractivity contribution >= 4 is 21.8 Å². The van der Waals surface area contributed by atoms with E-state index in [9.17, 15) is 4.79 Å². The van der Waals surface area contributed by atoms with E-state index >= 15 is 0 Å². The first kappa shape index (κ1) is 18.3. The summed E-state index contributed by atoms with van der Waals surface area (Å²) >= 11 is 3.44. The number of aryl methyl sites for hydroxylation is 2. The third kappa shape index (κ3) is 3.67. The zero-order chi connectivity index (χ0) is 18.7. The molecule has 0 radical (unpaired) electrons. The number of amides is 1. The van der Waals surface area contributed by atoms with Crippen molar-refractivity contribution < 1.29 is 9.53 Å². The molecule has 2 aromatic heterocycles. The molecule has 1 aromatic carbocycles. The molecule has 2 heterocycles. The zero-order valence-corrected chi connectivity index (χ0v) is 16.5. The number of hydrogen-bond donors (Lipinski definition) is 1. The molecule has 0 saturated heterocycles. The van der Waals surface area contributed by atoms with Gasteiger partial charge >= 0.3 is 0 Å². The fourth-order valence-electron chi connectivity index (χ4n) is 2.88. The Balaban J connectivity index is 1.95. The molecular weight excluding hydrogens is 396 g/mol. The van der Waals surface area contributed by atoms with E-state index in [0.29, 0.717) is 12.2 Å². The Labute approximate surface area is 160 Å². The molecule has 1 unspecified atom stereocenters. The van der Waals surface area contributed by atoms with Crippen molar-refractivity contribution in [2.24, 2.45) is 7.05 Å². The smallest absolute Gasteiger partial charge is 0.268 e. The lowest BCUT2D eigenvalue weighted by Gasteiger charge is -2.20. The van der Waals surface area contributed by atoms with Crippen molar-refractivity contribution in [1.82, 2.24) is 19.4 Å². The average Bonchev–Trinajstić information content (AvgIpc) is 3.25. The van der Waals surface area contributed by atoms with Gasteiger partial charge in [-0.15, -0.1) is 0 Å². The Morgan fingerprint density at radius 1 is 1.35 bits per heavy atom. The van der Waals surface area contributed by atoms with Gasteiger partial charge in [0.15, 0.2) is 0 Å². The minimum atomic E-state index is -0.368. The van der Waals surface area contributed by atoms with Crippen LogP contribution in [0.4, 0.5) is 0 Å². The van der Waals surface area contributed by atoms with Gasteiger partial charge in [0.05, 0.1) is 7.11 Å². The molecular formula is C19H21BrN4O2. The maximum absolute atomic E-state index is 12.9. The highest BCUT2D eigenvalue weighted by molar-refractivity contribution is 9.10. The lowest BCUT2D eigenvalue weighted by molar-refractivity contribution is 0.0932. The summed E-state index contributed by atoms with van der Waals surface area (Å²) in [6.07, 6.45) is 5.49. The number of imidazole rings is 1. The summed E-state index contributed by atoms with van der Waals surface area (Å²) in [5, 5.41) is 3.11. The maximum Gasteiger partial charge on any atom is 0.268 e. The van der Waals surface area contributed by atoms with E-state index < -0.39 is 0 Å². The van der Waals surface area contributed by atoms with Crippen molar-refractivity contribution in [3.05, 3.63) is 70.5 Å². The highest BCUT2D eigenvalue weighted by atomic mass is 79.9. The third-order valence-corrected chi connectivity index (χ3v) is 4.71. The second-order valence-electron chi connectivity index (χ2n) is 5.91. The fourth-order valence-corrected chi connectivity index (χ4v) is 3.34. The summed E-state index contributed by atoms with van der Waals surface area (Å²) in [4.78, 5) is 17.4. The maximum atomic E-state index is 12.9. The van der Waals surface area contributed by atoms with Crippen molar-refractivity contribution in [2.75, 3.05) is 7.11 Å². The van der Waals surface area contributed by atoms with Gasteiger partial charge in [-0.3, -0.25) is 4.79 Å². The molecule has 3 aromatic rings. The van der Waals surface area contributed by atoms with Crippen molar-refractivity contribution in [3.63, 3.8) is 0 Å². The fraction of sp³-hybridized carbons (Fsp3) is 0.263. The number of benzene rings is 1. The van der Waals surface area contributed by atoms with E-state index in [0.717, 1.165) is 21.6 Å². The number of methoxy groups -OCH3 is 1. The number of halogens is 1. The second-order valence-corrected chi connectivity index (χ2v) is 6.82. The molecule has 0 saturated carbocycles. The molecule has 1 atom stereocenters. The van der Waals surface area contributed by atoms with E-state index in [-0.39, 0.29) is 11.9 Å². The van der Waals surface area contributed by atoms with Crippen LogP contribution in [0.3, 0.4) is 0 Å². The van der Waals surface area contributed by atoms with Crippen LogP contribution in [0.2, 0.25) is 0 Å². The van der Waals surface area contributed by atoms with Crippen molar-refractivity contribution in [2.45, 2.75) is 19.5 Å². The predicted molar refractivity (Wildman–Crippen MR) is 103 cm³/mol. The molecule has 0 aliphatic carbocycles. The van der Waals surface area contributed by atoms with Crippen LogP contribution in [0.1, 0.15) is 34.8 Å². The summed E-state index contributed by atoms with van der Waals surface area (Å²) in [6, 6.07) is 9.08. The summed E-state index contributed by atoms with van der Waals surface area (Å²) in [5.41, 5.74) is 1.54. The summed E-state index contributed by atoms with van der Waals surface area (Å²) in [6.45, 7) is 2.72. The third-order valence-electron chi connectivity index (χ3n) is 4.28. The Morgan fingerprint density at radius 2 is 2.08 bits per heavy atom. The van der Waals surface area contributed by atoms with Crippen LogP contribution in [0.15, 0.2) is 53.4 Å². The topological polar surface area (TPSA) is 61.1 Å². The van der Waals surface area contributed by atoms with E-state index in [4.69, 9.17) is 4.74 Å².